The number of sulfonamides is 1. The zero-order chi connectivity index (χ0) is 27.2. The molecule has 0 aliphatic rings. The van der Waals surface area contributed by atoms with Gasteiger partial charge in [-0.15, -0.1) is 0 Å². The van der Waals surface area contributed by atoms with Crippen molar-refractivity contribution in [2.75, 3.05) is 25.0 Å². The molecule has 2 N–H and O–H groups in total. The van der Waals surface area contributed by atoms with Crippen LogP contribution in [0.1, 0.15) is 26.3 Å². The normalized spacial score (nSPS) is 11.5. The smallest absolute Gasteiger partial charge is 0.497 e. The van der Waals surface area contributed by atoms with Gasteiger partial charge in [0, 0.05) is 6.07 Å². The molecule has 0 atom stereocenters. The highest BCUT2D eigenvalue weighted by Crippen LogP contribution is 2.40. The fourth-order valence-corrected chi connectivity index (χ4v) is 4.18. The van der Waals surface area contributed by atoms with E-state index in [0.29, 0.717) is 5.75 Å². The molecule has 0 unspecified atom stereocenters. The molecular formula is C24H26ClN3O8S. The summed E-state index contributed by atoms with van der Waals surface area (Å²) in [5.41, 5.74) is 0.806. The van der Waals surface area contributed by atoms with Crippen LogP contribution < -0.4 is 18.9 Å². The van der Waals surface area contributed by atoms with Crippen LogP contribution in [0.3, 0.4) is 0 Å². The third-order valence-electron chi connectivity index (χ3n) is 4.93. The average Bonchev–Trinajstić information content (AvgIpc) is 2.84. The number of ether oxygens (including phenoxy) is 4. The largest absolute Gasteiger partial charge is 0.505 e. The minimum atomic E-state index is -4.10. The summed E-state index contributed by atoms with van der Waals surface area (Å²) in [6.45, 7) is 5.52. The van der Waals surface area contributed by atoms with Crippen LogP contribution in [-0.2, 0) is 20.2 Å². The van der Waals surface area contributed by atoms with Gasteiger partial charge >= 0.3 is 6.16 Å². The predicted molar refractivity (Wildman–Crippen MR) is 136 cm³/mol. The molecule has 0 spiro atoms. The number of nitrogens with one attached hydrogen (secondary N) is 1. The Kier molecular flexibility index (Phi) is 8.66. The number of methoxy groups -OCH3 is 1. The molecule has 37 heavy (non-hydrogen) atoms. The summed E-state index contributed by atoms with van der Waals surface area (Å²) in [4.78, 5) is 18.6. The highest BCUT2D eigenvalue weighted by Gasteiger charge is 2.24. The van der Waals surface area contributed by atoms with Crippen molar-refractivity contribution >= 4 is 33.6 Å². The van der Waals surface area contributed by atoms with Gasteiger partial charge in [-0.25, -0.2) is 18.2 Å². The number of hydrogen-bond acceptors (Lipinski definition) is 9. The van der Waals surface area contributed by atoms with Crippen LogP contribution in [0, 0.1) is 0 Å². The van der Waals surface area contributed by atoms with E-state index in [0.717, 1.165) is 11.9 Å². The maximum absolute atomic E-state index is 13.2. The van der Waals surface area contributed by atoms with Gasteiger partial charge in [0.1, 0.15) is 31.0 Å². The van der Waals surface area contributed by atoms with Crippen LogP contribution in [0.15, 0.2) is 53.7 Å². The fraction of sp³-hybridized carbons (Fsp3) is 0.292. The minimum Gasteiger partial charge on any atom is -0.497 e. The third kappa shape index (κ3) is 7.37. The minimum absolute atomic E-state index is 0.00167. The molecule has 3 aromatic rings. The van der Waals surface area contributed by atoms with Crippen molar-refractivity contribution in [1.29, 1.82) is 0 Å². The molecule has 13 heteroatoms. The van der Waals surface area contributed by atoms with E-state index < -0.39 is 16.2 Å². The number of aromatic nitrogens is 2. The Morgan fingerprint density at radius 1 is 1.08 bits per heavy atom. The van der Waals surface area contributed by atoms with Crippen molar-refractivity contribution in [3.8, 4) is 23.1 Å². The highest BCUT2D eigenvalue weighted by molar-refractivity contribution is 7.92. The maximum Gasteiger partial charge on any atom is 0.505 e. The second-order valence-corrected chi connectivity index (χ2v) is 10.7. The lowest BCUT2D eigenvalue weighted by Crippen LogP contribution is -2.17. The number of halogens is 1. The monoisotopic (exact) mass is 551 g/mol. The summed E-state index contributed by atoms with van der Waals surface area (Å²) in [5, 5.41) is 8.84. The van der Waals surface area contributed by atoms with Crippen LogP contribution in [0.25, 0.3) is 0 Å². The molecule has 0 amide bonds. The topological polar surface area (TPSA) is 146 Å². The van der Waals surface area contributed by atoms with E-state index >= 15 is 0 Å². The number of anilines is 1. The van der Waals surface area contributed by atoms with Gasteiger partial charge in [0.15, 0.2) is 5.82 Å². The van der Waals surface area contributed by atoms with Crippen molar-refractivity contribution < 1.29 is 37.3 Å². The number of rotatable bonds is 10. The molecular weight excluding hydrogens is 526 g/mol. The molecule has 0 fully saturated rings. The lowest BCUT2D eigenvalue weighted by Gasteiger charge is -2.19. The third-order valence-corrected chi connectivity index (χ3v) is 6.60. The summed E-state index contributed by atoms with van der Waals surface area (Å²) in [5.74, 6) is -0.0819. The molecule has 2 aromatic carbocycles. The maximum atomic E-state index is 13.2. The number of nitrogens with zero attached hydrogens (tertiary/aromatic N) is 2. The molecule has 0 saturated heterocycles. The lowest BCUT2D eigenvalue weighted by atomic mass is 9.87. The SMILES string of the molecule is COc1ccc(Cl)c(Oc2c(NS(=O)(=O)c3ccc(C(C)(C)C)cc3)ncnc2OCCOC(=O)O)c1. The number of benzene rings is 2. The summed E-state index contributed by atoms with van der Waals surface area (Å²) in [6, 6.07) is 11.1. The number of carboxylic acid groups (broad SMARTS) is 1. The van der Waals surface area contributed by atoms with Gasteiger partial charge in [-0.2, -0.15) is 4.98 Å². The predicted octanol–water partition coefficient (Wildman–Crippen LogP) is 5.10. The second-order valence-electron chi connectivity index (χ2n) is 8.60. The number of carbonyl (C=O) groups is 1. The summed E-state index contributed by atoms with van der Waals surface area (Å²) >= 11 is 6.26. The van der Waals surface area contributed by atoms with Crippen LogP contribution in [-0.4, -0.2) is 50.0 Å². The molecule has 0 aliphatic heterocycles. The van der Waals surface area contributed by atoms with Crippen molar-refractivity contribution in [3.05, 3.63) is 59.4 Å². The zero-order valence-corrected chi connectivity index (χ0v) is 22.1. The standard InChI is InChI=1S/C24H26ClN3O8S/c1-24(2,3)15-5-8-17(9-6-15)37(31,32)28-21-20(36-19-13-16(33-4)7-10-18(19)25)22(27-14-26-21)34-11-12-35-23(29)30/h5-10,13-14H,11-12H2,1-4H3,(H,29,30)(H,26,27,28). The molecule has 0 saturated carbocycles. The molecule has 198 valence electrons. The molecule has 3 rings (SSSR count). The Bertz CT molecular complexity index is 1360. The van der Waals surface area contributed by atoms with Gasteiger partial charge in [0.25, 0.3) is 15.9 Å². The summed E-state index contributed by atoms with van der Waals surface area (Å²) < 4.78 is 49.8. The van der Waals surface area contributed by atoms with E-state index in [4.69, 9.17) is 30.9 Å². The van der Waals surface area contributed by atoms with Crippen molar-refractivity contribution in [1.82, 2.24) is 9.97 Å². The Morgan fingerprint density at radius 3 is 2.41 bits per heavy atom. The van der Waals surface area contributed by atoms with E-state index in [1.165, 1.54) is 31.4 Å². The first kappa shape index (κ1) is 27.8. The molecule has 0 aliphatic carbocycles. The molecule has 1 aromatic heterocycles. The molecule has 0 bridgehead atoms. The Labute approximate surface area is 219 Å². The average molecular weight is 552 g/mol. The van der Waals surface area contributed by atoms with Gasteiger partial charge in [0.05, 0.1) is 17.0 Å². The van der Waals surface area contributed by atoms with E-state index in [2.05, 4.69) is 19.4 Å². The zero-order valence-electron chi connectivity index (χ0n) is 20.5. The van der Waals surface area contributed by atoms with Gasteiger partial charge < -0.3 is 24.1 Å². The highest BCUT2D eigenvalue weighted by atomic mass is 35.5. The van der Waals surface area contributed by atoms with Crippen LogP contribution >= 0.6 is 11.6 Å². The Hall–Kier alpha value is -3.77. The molecule has 11 nitrogen and oxygen atoms in total. The Balaban J connectivity index is 1.98. The first-order chi connectivity index (χ1) is 17.4. The van der Waals surface area contributed by atoms with Crippen LogP contribution in [0.4, 0.5) is 10.6 Å². The van der Waals surface area contributed by atoms with Gasteiger partial charge in [-0.05, 0) is 35.2 Å². The summed E-state index contributed by atoms with van der Waals surface area (Å²) in [6.07, 6.45) is -0.412. The molecule has 1 heterocycles. The summed E-state index contributed by atoms with van der Waals surface area (Å²) in [7, 11) is -2.64. The molecule has 0 radical (unpaired) electrons. The van der Waals surface area contributed by atoms with Crippen molar-refractivity contribution in [2.45, 2.75) is 31.1 Å². The van der Waals surface area contributed by atoms with E-state index in [9.17, 15) is 13.2 Å². The number of hydrogen-bond donors (Lipinski definition) is 2. The van der Waals surface area contributed by atoms with E-state index in [1.54, 1.807) is 18.2 Å². The van der Waals surface area contributed by atoms with Crippen molar-refractivity contribution in [2.24, 2.45) is 0 Å². The van der Waals surface area contributed by atoms with Crippen LogP contribution in [0.2, 0.25) is 5.02 Å². The first-order valence-electron chi connectivity index (χ1n) is 10.9. The van der Waals surface area contributed by atoms with E-state index in [-0.39, 0.29) is 51.7 Å². The second kappa shape index (κ2) is 11.5. The quantitative estimate of drug-likeness (QED) is 0.257. The lowest BCUT2D eigenvalue weighted by molar-refractivity contribution is 0.0770. The Morgan fingerprint density at radius 2 is 1.78 bits per heavy atom. The van der Waals surface area contributed by atoms with E-state index in [1.807, 2.05) is 20.8 Å². The van der Waals surface area contributed by atoms with Crippen molar-refractivity contribution in [3.63, 3.8) is 0 Å². The fourth-order valence-electron chi connectivity index (χ4n) is 3.01. The van der Waals surface area contributed by atoms with Crippen LogP contribution in [0.5, 0.6) is 23.1 Å². The first-order valence-corrected chi connectivity index (χ1v) is 12.7. The van der Waals surface area contributed by atoms with Gasteiger partial charge in [-0.3, -0.25) is 4.72 Å². The van der Waals surface area contributed by atoms with Gasteiger partial charge in [0.2, 0.25) is 5.75 Å². The van der Waals surface area contributed by atoms with Gasteiger partial charge in [-0.1, -0.05) is 44.5 Å².